The van der Waals surface area contributed by atoms with Crippen LogP contribution in [0.15, 0.2) is 42.5 Å². The molecule has 2 aliphatic rings. The number of para-hydroxylation sites is 2. The fourth-order valence-electron chi connectivity index (χ4n) is 4.53. The average Bonchev–Trinajstić information content (AvgIpc) is 3.18. The lowest BCUT2D eigenvalue weighted by molar-refractivity contribution is -0.116. The van der Waals surface area contributed by atoms with Crippen molar-refractivity contribution in [1.29, 1.82) is 0 Å². The number of carbonyl (C=O) groups is 2. The standard InChI is InChI=1S/C23H24N4O2/c28-21-11-9-14-12-16(8-10-18(14)25-21)23(29)24-17-5-3-4-15(13-17)22-26-19-6-1-2-7-20(19)27-22/h1-2,6-8,10,12,15,17H,3-5,9,11,13H2,(H,24,29)(H,25,28)(H,26,27). The monoisotopic (exact) mass is 388 g/mol. The van der Waals surface area contributed by atoms with Crippen LogP contribution in [0.3, 0.4) is 0 Å². The van der Waals surface area contributed by atoms with Crippen molar-refractivity contribution >= 4 is 28.5 Å². The minimum atomic E-state index is -0.0417. The number of aromatic amines is 1. The van der Waals surface area contributed by atoms with Gasteiger partial charge in [0.05, 0.1) is 11.0 Å². The fourth-order valence-corrected chi connectivity index (χ4v) is 4.53. The normalized spacial score (nSPS) is 21.4. The zero-order valence-electron chi connectivity index (χ0n) is 16.2. The number of benzene rings is 2. The molecule has 2 unspecified atom stereocenters. The first-order chi connectivity index (χ1) is 14.2. The Kier molecular flexibility index (Phi) is 4.54. The summed E-state index contributed by atoms with van der Waals surface area (Å²) in [6, 6.07) is 13.8. The number of nitrogens with one attached hydrogen (secondary N) is 3. The van der Waals surface area contributed by atoms with Crippen LogP contribution < -0.4 is 10.6 Å². The molecule has 2 amide bonds. The van der Waals surface area contributed by atoms with Gasteiger partial charge in [-0.3, -0.25) is 9.59 Å². The van der Waals surface area contributed by atoms with Crippen LogP contribution in [0.1, 0.15) is 59.8 Å². The minimum absolute atomic E-state index is 0.0357. The average molecular weight is 388 g/mol. The summed E-state index contributed by atoms with van der Waals surface area (Å²) in [5.74, 6) is 1.35. The van der Waals surface area contributed by atoms with Crippen molar-refractivity contribution in [2.24, 2.45) is 0 Å². The summed E-state index contributed by atoms with van der Waals surface area (Å²) in [5, 5.41) is 6.08. The zero-order chi connectivity index (χ0) is 19.8. The summed E-state index contributed by atoms with van der Waals surface area (Å²) < 4.78 is 0. The highest BCUT2D eigenvalue weighted by atomic mass is 16.2. The first-order valence-electron chi connectivity index (χ1n) is 10.3. The Morgan fingerprint density at radius 1 is 1.10 bits per heavy atom. The highest BCUT2D eigenvalue weighted by Crippen LogP contribution is 2.32. The van der Waals surface area contributed by atoms with E-state index < -0.39 is 0 Å². The number of amides is 2. The zero-order valence-corrected chi connectivity index (χ0v) is 16.2. The van der Waals surface area contributed by atoms with Gasteiger partial charge in [-0.05, 0) is 61.6 Å². The molecule has 148 valence electrons. The van der Waals surface area contributed by atoms with Crippen LogP contribution in [-0.2, 0) is 11.2 Å². The second kappa shape index (κ2) is 7.35. The summed E-state index contributed by atoms with van der Waals surface area (Å²) in [6.07, 6.45) is 5.20. The predicted molar refractivity (Wildman–Crippen MR) is 112 cm³/mol. The van der Waals surface area contributed by atoms with Gasteiger partial charge in [0.15, 0.2) is 0 Å². The molecular formula is C23H24N4O2. The largest absolute Gasteiger partial charge is 0.349 e. The number of rotatable bonds is 3. The molecule has 29 heavy (non-hydrogen) atoms. The molecule has 1 aromatic heterocycles. The maximum absolute atomic E-state index is 12.8. The van der Waals surface area contributed by atoms with E-state index >= 15 is 0 Å². The van der Waals surface area contributed by atoms with Gasteiger partial charge in [0, 0.05) is 29.6 Å². The highest BCUT2D eigenvalue weighted by Gasteiger charge is 2.27. The van der Waals surface area contributed by atoms with Gasteiger partial charge in [0.1, 0.15) is 5.82 Å². The van der Waals surface area contributed by atoms with E-state index in [0.29, 0.717) is 24.3 Å². The molecular weight excluding hydrogens is 364 g/mol. The van der Waals surface area contributed by atoms with Gasteiger partial charge >= 0.3 is 0 Å². The summed E-state index contributed by atoms with van der Waals surface area (Å²) in [7, 11) is 0. The molecule has 3 aromatic rings. The fraction of sp³-hybridized carbons (Fsp3) is 0.348. The van der Waals surface area contributed by atoms with E-state index in [9.17, 15) is 9.59 Å². The van der Waals surface area contributed by atoms with Crippen LogP contribution in [0.5, 0.6) is 0 Å². The van der Waals surface area contributed by atoms with Crippen LogP contribution in [-0.4, -0.2) is 27.8 Å². The molecule has 1 aliphatic heterocycles. The third-order valence-electron chi connectivity index (χ3n) is 6.07. The van der Waals surface area contributed by atoms with Crippen molar-refractivity contribution in [3.05, 3.63) is 59.4 Å². The molecule has 0 bridgehead atoms. The topological polar surface area (TPSA) is 86.9 Å². The van der Waals surface area contributed by atoms with E-state index in [-0.39, 0.29) is 17.9 Å². The Bertz CT molecular complexity index is 1050. The van der Waals surface area contributed by atoms with E-state index in [1.54, 1.807) is 6.07 Å². The number of H-pyrrole nitrogens is 1. The summed E-state index contributed by atoms with van der Waals surface area (Å²) in [6.45, 7) is 0. The van der Waals surface area contributed by atoms with Crippen LogP contribution in [0.2, 0.25) is 0 Å². The second-order valence-corrected chi connectivity index (χ2v) is 8.09. The Morgan fingerprint density at radius 2 is 2.00 bits per heavy atom. The molecule has 0 spiro atoms. The van der Waals surface area contributed by atoms with Gasteiger partial charge < -0.3 is 15.6 Å². The Labute approximate surface area is 169 Å². The molecule has 1 saturated carbocycles. The number of aryl methyl sites for hydroxylation is 1. The van der Waals surface area contributed by atoms with Crippen molar-refractivity contribution in [2.75, 3.05) is 5.32 Å². The predicted octanol–water partition coefficient (Wildman–Crippen LogP) is 3.90. The van der Waals surface area contributed by atoms with Crippen LogP contribution >= 0.6 is 0 Å². The molecule has 6 nitrogen and oxygen atoms in total. The lowest BCUT2D eigenvalue weighted by Gasteiger charge is -2.29. The first-order valence-corrected chi connectivity index (χ1v) is 10.3. The molecule has 1 aliphatic carbocycles. The summed E-state index contributed by atoms with van der Waals surface area (Å²) in [4.78, 5) is 32.5. The highest BCUT2D eigenvalue weighted by molar-refractivity contribution is 5.98. The number of carbonyl (C=O) groups excluding carboxylic acids is 2. The summed E-state index contributed by atoms with van der Waals surface area (Å²) in [5.41, 5.74) is 4.57. The maximum Gasteiger partial charge on any atom is 0.251 e. The van der Waals surface area contributed by atoms with Crippen molar-refractivity contribution in [3.8, 4) is 0 Å². The van der Waals surface area contributed by atoms with Gasteiger partial charge in [-0.2, -0.15) is 0 Å². The van der Waals surface area contributed by atoms with Crippen LogP contribution in [0.4, 0.5) is 5.69 Å². The quantitative estimate of drug-likeness (QED) is 0.636. The summed E-state index contributed by atoms with van der Waals surface area (Å²) >= 11 is 0. The Hall–Kier alpha value is -3.15. The Balaban J connectivity index is 1.28. The molecule has 2 heterocycles. The molecule has 2 aromatic carbocycles. The molecule has 6 heteroatoms. The molecule has 2 atom stereocenters. The van der Waals surface area contributed by atoms with Crippen molar-refractivity contribution in [2.45, 2.75) is 50.5 Å². The number of hydrogen-bond acceptors (Lipinski definition) is 3. The number of nitrogens with zero attached hydrogens (tertiary/aromatic N) is 1. The molecule has 0 saturated heterocycles. The Morgan fingerprint density at radius 3 is 2.90 bits per heavy atom. The number of imidazole rings is 1. The minimum Gasteiger partial charge on any atom is -0.349 e. The van der Waals surface area contributed by atoms with E-state index in [4.69, 9.17) is 4.98 Å². The molecule has 3 N–H and O–H groups in total. The van der Waals surface area contributed by atoms with Gasteiger partial charge in [0.2, 0.25) is 5.91 Å². The lowest BCUT2D eigenvalue weighted by atomic mass is 9.85. The second-order valence-electron chi connectivity index (χ2n) is 8.09. The van der Waals surface area contributed by atoms with E-state index in [1.165, 1.54) is 0 Å². The van der Waals surface area contributed by atoms with Gasteiger partial charge in [-0.25, -0.2) is 4.98 Å². The molecule has 5 rings (SSSR count). The van der Waals surface area contributed by atoms with Crippen molar-refractivity contribution < 1.29 is 9.59 Å². The third-order valence-corrected chi connectivity index (χ3v) is 6.07. The van der Waals surface area contributed by atoms with Crippen molar-refractivity contribution in [3.63, 3.8) is 0 Å². The number of aromatic nitrogens is 2. The van der Waals surface area contributed by atoms with Crippen LogP contribution in [0, 0.1) is 0 Å². The third kappa shape index (κ3) is 3.62. The lowest BCUT2D eigenvalue weighted by Crippen LogP contribution is -2.38. The SMILES string of the molecule is O=C1CCc2cc(C(=O)NC3CCCC(c4nc5ccccc5[nH]4)C3)ccc2N1. The number of hydrogen-bond donors (Lipinski definition) is 3. The molecule has 1 fully saturated rings. The first kappa shape index (κ1) is 17.9. The van der Waals surface area contributed by atoms with Gasteiger partial charge in [-0.15, -0.1) is 0 Å². The molecule has 0 radical (unpaired) electrons. The van der Waals surface area contributed by atoms with Gasteiger partial charge in [-0.1, -0.05) is 18.6 Å². The van der Waals surface area contributed by atoms with Crippen LogP contribution in [0.25, 0.3) is 11.0 Å². The van der Waals surface area contributed by atoms with E-state index in [2.05, 4.69) is 15.6 Å². The van der Waals surface area contributed by atoms with E-state index in [0.717, 1.165) is 53.8 Å². The van der Waals surface area contributed by atoms with Crippen molar-refractivity contribution in [1.82, 2.24) is 15.3 Å². The maximum atomic E-state index is 12.8. The van der Waals surface area contributed by atoms with Gasteiger partial charge in [0.25, 0.3) is 5.91 Å². The number of anilines is 1. The van der Waals surface area contributed by atoms with E-state index in [1.807, 2.05) is 36.4 Å². The smallest absolute Gasteiger partial charge is 0.251 e. The number of fused-ring (bicyclic) bond motifs is 2.